The quantitative estimate of drug-likeness (QED) is 0.197. The minimum Gasteiger partial charge on any atom is -0.457 e. The molecule has 2 saturated heterocycles. The van der Waals surface area contributed by atoms with Crippen molar-refractivity contribution in [1.82, 2.24) is 4.98 Å². The van der Waals surface area contributed by atoms with Crippen molar-refractivity contribution in [1.29, 1.82) is 0 Å². The lowest BCUT2D eigenvalue weighted by atomic mass is 9.69. The van der Waals surface area contributed by atoms with E-state index < -0.39 is 23.7 Å². The number of para-hydroxylation sites is 2. The van der Waals surface area contributed by atoms with Gasteiger partial charge in [0.25, 0.3) is 0 Å². The molecule has 232 valence electrons. The molecule has 5 aromatic rings. The predicted molar refractivity (Wildman–Crippen MR) is 173 cm³/mol. The summed E-state index contributed by atoms with van der Waals surface area (Å²) in [5.41, 5.74) is 2.36. The number of amides is 4. The van der Waals surface area contributed by atoms with Gasteiger partial charge in [0.2, 0.25) is 23.6 Å². The molecule has 8 rings (SSSR count). The normalized spacial score (nSPS) is 22.0. The summed E-state index contributed by atoms with van der Waals surface area (Å²) in [5, 5.41) is 0. The van der Waals surface area contributed by atoms with E-state index in [4.69, 9.17) is 9.47 Å². The Balaban J connectivity index is 1.02. The van der Waals surface area contributed by atoms with E-state index >= 15 is 0 Å². The van der Waals surface area contributed by atoms with Crippen LogP contribution in [0.3, 0.4) is 0 Å². The highest BCUT2D eigenvalue weighted by Gasteiger charge is 2.56. The molecule has 9 heteroatoms. The molecule has 9 nitrogen and oxygen atoms in total. The molecule has 2 aliphatic heterocycles. The summed E-state index contributed by atoms with van der Waals surface area (Å²) >= 11 is 0. The number of aromatic nitrogens is 1. The average Bonchev–Trinajstić information content (AvgIpc) is 3.76. The lowest BCUT2D eigenvalue weighted by Crippen LogP contribution is -2.35. The Hall–Kier alpha value is -5.96. The number of nitrogens with one attached hydrogen (secondary N) is 1. The molecule has 4 aromatic carbocycles. The van der Waals surface area contributed by atoms with Gasteiger partial charge in [-0.3, -0.25) is 24.1 Å². The Morgan fingerprint density at radius 3 is 1.62 bits per heavy atom. The van der Waals surface area contributed by atoms with Gasteiger partial charge in [0, 0.05) is 24.2 Å². The van der Waals surface area contributed by atoms with Crippen LogP contribution in [0.25, 0.3) is 0 Å². The van der Waals surface area contributed by atoms with Gasteiger partial charge < -0.3 is 14.5 Å². The summed E-state index contributed by atoms with van der Waals surface area (Å²) in [6.45, 7) is 0. The molecule has 0 bridgehead atoms. The van der Waals surface area contributed by atoms with E-state index in [1.54, 1.807) is 54.7 Å². The second kappa shape index (κ2) is 11.4. The SMILES string of the molecule is O=C1CC([C@H]2C[C@@H]3C(=O)N(c4ccc(Oc5ccccc5)cc4)C(=O)[C@@H]3c3cc[nH]c32)C(=O)N1c1ccc(Oc2ccccc2)cc1. The number of rotatable bonds is 7. The summed E-state index contributed by atoms with van der Waals surface area (Å²) in [6.07, 6.45) is 2.02. The van der Waals surface area contributed by atoms with Crippen LogP contribution >= 0.6 is 0 Å². The van der Waals surface area contributed by atoms with E-state index in [2.05, 4.69) is 4.98 Å². The number of carbonyl (C=O) groups is 4. The van der Waals surface area contributed by atoms with Crippen molar-refractivity contribution in [3.63, 3.8) is 0 Å². The number of imide groups is 2. The molecule has 0 saturated carbocycles. The molecule has 3 heterocycles. The molecule has 0 spiro atoms. The van der Waals surface area contributed by atoms with Crippen LogP contribution in [-0.2, 0) is 19.2 Å². The molecule has 1 unspecified atom stereocenters. The summed E-state index contributed by atoms with van der Waals surface area (Å²) in [7, 11) is 0. The van der Waals surface area contributed by atoms with Crippen LogP contribution in [0.15, 0.2) is 121 Å². The van der Waals surface area contributed by atoms with Crippen LogP contribution in [0.2, 0.25) is 0 Å². The maximum atomic E-state index is 13.9. The number of aromatic amines is 1. The lowest BCUT2D eigenvalue weighted by molar-refractivity contribution is -0.125. The minimum atomic E-state index is -0.674. The fourth-order valence-electron chi connectivity index (χ4n) is 7.13. The zero-order valence-electron chi connectivity index (χ0n) is 25.1. The molecular formula is C38H29N3O6. The van der Waals surface area contributed by atoms with Crippen LogP contribution in [0, 0.1) is 11.8 Å². The fraction of sp³-hybridized carbons (Fsp3) is 0.158. The largest absolute Gasteiger partial charge is 0.457 e. The molecule has 4 atom stereocenters. The van der Waals surface area contributed by atoms with Gasteiger partial charge in [-0.1, -0.05) is 36.4 Å². The third kappa shape index (κ3) is 4.96. The van der Waals surface area contributed by atoms with Crippen molar-refractivity contribution in [3.05, 3.63) is 133 Å². The summed E-state index contributed by atoms with van der Waals surface area (Å²) in [6, 6.07) is 34.2. The van der Waals surface area contributed by atoms with E-state index in [0.29, 0.717) is 39.9 Å². The minimum absolute atomic E-state index is 0.0103. The maximum Gasteiger partial charge on any atom is 0.242 e. The first kappa shape index (κ1) is 28.5. The molecular weight excluding hydrogens is 594 g/mol. The van der Waals surface area contributed by atoms with Gasteiger partial charge in [-0.25, -0.2) is 4.90 Å². The molecule has 1 aliphatic carbocycles. The van der Waals surface area contributed by atoms with Gasteiger partial charge in [0.1, 0.15) is 23.0 Å². The van der Waals surface area contributed by atoms with Gasteiger partial charge in [0.15, 0.2) is 0 Å². The van der Waals surface area contributed by atoms with Gasteiger partial charge in [-0.05, 0) is 90.8 Å². The molecule has 1 N–H and O–H groups in total. The van der Waals surface area contributed by atoms with E-state index in [0.717, 1.165) is 5.69 Å². The highest BCUT2D eigenvalue weighted by molar-refractivity contribution is 6.24. The molecule has 3 aliphatic rings. The number of carbonyl (C=O) groups excluding carboxylic acids is 4. The van der Waals surface area contributed by atoms with Gasteiger partial charge in [-0.2, -0.15) is 0 Å². The number of hydrogen-bond donors (Lipinski definition) is 1. The van der Waals surface area contributed by atoms with Crippen molar-refractivity contribution in [3.8, 4) is 23.0 Å². The second-order valence-electron chi connectivity index (χ2n) is 12.0. The summed E-state index contributed by atoms with van der Waals surface area (Å²) < 4.78 is 11.7. The highest BCUT2D eigenvalue weighted by Crippen LogP contribution is 2.52. The average molecular weight is 624 g/mol. The number of H-pyrrole nitrogens is 1. The van der Waals surface area contributed by atoms with Crippen LogP contribution in [-0.4, -0.2) is 28.6 Å². The monoisotopic (exact) mass is 623 g/mol. The Morgan fingerprint density at radius 1 is 0.532 bits per heavy atom. The first-order valence-electron chi connectivity index (χ1n) is 15.5. The highest BCUT2D eigenvalue weighted by atomic mass is 16.5. The molecule has 0 radical (unpaired) electrons. The Morgan fingerprint density at radius 2 is 1.04 bits per heavy atom. The number of ether oxygens (including phenoxy) is 2. The molecule has 4 amide bonds. The topological polar surface area (TPSA) is 109 Å². The first-order valence-corrected chi connectivity index (χ1v) is 15.5. The van der Waals surface area contributed by atoms with E-state index in [-0.39, 0.29) is 36.5 Å². The van der Waals surface area contributed by atoms with Crippen LogP contribution < -0.4 is 19.3 Å². The van der Waals surface area contributed by atoms with Gasteiger partial charge in [-0.15, -0.1) is 0 Å². The summed E-state index contributed by atoms with van der Waals surface area (Å²) in [5.74, 6) is -1.14. The third-order valence-electron chi connectivity index (χ3n) is 9.27. The van der Waals surface area contributed by atoms with E-state index in [9.17, 15) is 19.2 Å². The Labute approximate surface area is 270 Å². The van der Waals surface area contributed by atoms with E-state index in [1.165, 1.54) is 9.80 Å². The Kier molecular flexibility index (Phi) is 6.94. The smallest absolute Gasteiger partial charge is 0.242 e. The van der Waals surface area contributed by atoms with Crippen molar-refractivity contribution < 1.29 is 28.7 Å². The predicted octanol–water partition coefficient (Wildman–Crippen LogP) is 6.94. The van der Waals surface area contributed by atoms with Gasteiger partial charge in [0.05, 0.1) is 29.1 Å². The second-order valence-corrected chi connectivity index (χ2v) is 12.0. The lowest BCUT2D eigenvalue weighted by Gasteiger charge is -2.32. The van der Waals surface area contributed by atoms with Crippen LogP contribution in [0.1, 0.15) is 35.9 Å². The number of hydrogen-bond acceptors (Lipinski definition) is 6. The van der Waals surface area contributed by atoms with E-state index in [1.807, 2.05) is 66.7 Å². The molecule has 1 aromatic heterocycles. The molecule has 47 heavy (non-hydrogen) atoms. The first-order chi connectivity index (χ1) is 23.0. The van der Waals surface area contributed by atoms with Crippen LogP contribution in [0.5, 0.6) is 23.0 Å². The third-order valence-corrected chi connectivity index (χ3v) is 9.27. The van der Waals surface area contributed by atoms with Crippen molar-refractivity contribution in [2.24, 2.45) is 11.8 Å². The van der Waals surface area contributed by atoms with Crippen molar-refractivity contribution in [2.75, 3.05) is 9.80 Å². The number of benzene rings is 4. The van der Waals surface area contributed by atoms with Gasteiger partial charge >= 0.3 is 0 Å². The van der Waals surface area contributed by atoms with Crippen molar-refractivity contribution >= 4 is 35.0 Å². The Bertz CT molecular complexity index is 1990. The van der Waals surface area contributed by atoms with Crippen LogP contribution in [0.4, 0.5) is 11.4 Å². The number of anilines is 2. The number of fused-ring (bicyclic) bond motifs is 3. The zero-order chi connectivity index (χ0) is 32.1. The zero-order valence-corrected chi connectivity index (χ0v) is 25.1. The van der Waals surface area contributed by atoms with Crippen molar-refractivity contribution in [2.45, 2.75) is 24.7 Å². The standard InChI is InChI=1S/C38H29N3O6/c42-33-22-31(36(43)40(33)23-11-15-27(16-12-23)46-25-7-3-1-4-8-25)30-21-32-34(29-19-20-39-35(29)30)38(45)41(37(32)44)24-13-17-28(18-14-24)47-26-9-5-2-6-10-26/h1-20,30-32,34,39H,21-22H2/t30-,31?,32+,34-/m1/s1. The fourth-order valence-corrected chi connectivity index (χ4v) is 7.13. The summed E-state index contributed by atoms with van der Waals surface area (Å²) in [4.78, 5) is 60.6. The molecule has 2 fully saturated rings. The maximum absolute atomic E-state index is 13.9. The number of nitrogens with zero attached hydrogens (tertiary/aromatic N) is 2.